The summed E-state index contributed by atoms with van der Waals surface area (Å²) in [5.41, 5.74) is 5.86. The summed E-state index contributed by atoms with van der Waals surface area (Å²) in [6, 6.07) is 3.74. The average Bonchev–Trinajstić information content (AvgIpc) is 2.43. The Morgan fingerprint density at radius 3 is 2.85 bits per heavy atom. The Hall–Kier alpha value is -2.11. The maximum Gasteiger partial charge on any atom is 0.236 e. The van der Waals surface area contributed by atoms with Gasteiger partial charge in [0.2, 0.25) is 5.91 Å². The summed E-state index contributed by atoms with van der Waals surface area (Å²) < 4.78 is 0. The summed E-state index contributed by atoms with van der Waals surface area (Å²) >= 11 is 0. The van der Waals surface area contributed by atoms with E-state index < -0.39 is 5.41 Å². The number of amidine groups is 1. The summed E-state index contributed by atoms with van der Waals surface area (Å²) in [4.78, 5) is 18.3. The van der Waals surface area contributed by atoms with Gasteiger partial charge in [0.05, 0.1) is 0 Å². The molecule has 0 saturated heterocycles. The fourth-order valence-electron chi connectivity index (χ4n) is 2.92. The predicted octanol–water partition coefficient (Wildman–Crippen LogP) is 1.20. The molecule has 1 aliphatic rings. The summed E-state index contributed by atoms with van der Waals surface area (Å²) in [6.45, 7) is 2.51. The van der Waals surface area contributed by atoms with Crippen molar-refractivity contribution in [2.75, 3.05) is 7.05 Å². The van der Waals surface area contributed by atoms with E-state index in [0.717, 1.165) is 5.56 Å². The molecule has 0 unspecified atom stereocenters. The molecule has 108 valence electrons. The zero-order valence-corrected chi connectivity index (χ0v) is 11.8. The minimum Gasteiger partial charge on any atom is -0.409 e. The molecule has 0 spiro atoms. The molecule has 1 amide bonds. The summed E-state index contributed by atoms with van der Waals surface area (Å²) in [7, 11) is 1.73. The van der Waals surface area contributed by atoms with Crippen molar-refractivity contribution in [2.45, 2.75) is 26.3 Å². The molecule has 1 aromatic rings. The van der Waals surface area contributed by atoms with Gasteiger partial charge in [0.15, 0.2) is 5.84 Å². The second kappa shape index (κ2) is 5.48. The van der Waals surface area contributed by atoms with Crippen LogP contribution in [-0.2, 0) is 11.3 Å². The smallest absolute Gasteiger partial charge is 0.236 e. The van der Waals surface area contributed by atoms with Gasteiger partial charge in [0.1, 0.15) is 5.41 Å². The van der Waals surface area contributed by atoms with Gasteiger partial charge < -0.3 is 15.8 Å². The van der Waals surface area contributed by atoms with E-state index in [9.17, 15) is 4.79 Å². The largest absolute Gasteiger partial charge is 0.409 e. The Balaban J connectivity index is 2.13. The third kappa shape index (κ3) is 2.45. The van der Waals surface area contributed by atoms with Crippen LogP contribution < -0.4 is 5.73 Å². The van der Waals surface area contributed by atoms with Crippen molar-refractivity contribution in [3.63, 3.8) is 0 Å². The molecular weight excluding hydrogens is 256 g/mol. The Morgan fingerprint density at radius 1 is 1.65 bits per heavy atom. The van der Waals surface area contributed by atoms with Gasteiger partial charge in [-0.2, -0.15) is 0 Å². The van der Waals surface area contributed by atoms with Gasteiger partial charge in [-0.1, -0.05) is 18.1 Å². The first-order valence-corrected chi connectivity index (χ1v) is 6.62. The van der Waals surface area contributed by atoms with Crippen LogP contribution in [0.3, 0.4) is 0 Å². The van der Waals surface area contributed by atoms with Crippen molar-refractivity contribution in [1.29, 1.82) is 0 Å². The van der Waals surface area contributed by atoms with E-state index in [2.05, 4.69) is 17.1 Å². The third-order valence-corrected chi connectivity index (χ3v) is 3.89. The molecule has 0 atom stereocenters. The monoisotopic (exact) mass is 276 g/mol. The summed E-state index contributed by atoms with van der Waals surface area (Å²) in [5, 5.41) is 12.0. The van der Waals surface area contributed by atoms with Gasteiger partial charge in [-0.3, -0.25) is 9.78 Å². The van der Waals surface area contributed by atoms with Gasteiger partial charge >= 0.3 is 0 Å². The van der Waals surface area contributed by atoms with E-state index in [1.54, 1.807) is 24.3 Å². The van der Waals surface area contributed by atoms with Crippen LogP contribution in [0.1, 0.15) is 25.3 Å². The van der Waals surface area contributed by atoms with E-state index in [4.69, 9.17) is 10.9 Å². The molecule has 1 saturated carbocycles. The van der Waals surface area contributed by atoms with Crippen LogP contribution in [0.25, 0.3) is 0 Å². The highest BCUT2D eigenvalue weighted by molar-refractivity contribution is 6.07. The maximum absolute atomic E-state index is 12.6. The fraction of sp³-hybridized carbons (Fsp3) is 0.500. The van der Waals surface area contributed by atoms with E-state index in [0.29, 0.717) is 25.3 Å². The number of hydrogen-bond donors (Lipinski definition) is 2. The number of carbonyl (C=O) groups excluding carboxylic acids is 1. The molecule has 0 aliphatic heterocycles. The Morgan fingerprint density at radius 2 is 2.35 bits per heavy atom. The molecule has 1 fully saturated rings. The van der Waals surface area contributed by atoms with Crippen molar-refractivity contribution in [1.82, 2.24) is 9.88 Å². The molecule has 20 heavy (non-hydrogen) atoms. The molecule has 3 N–H and O–H groups in total. The highest BCUT2D eigenvalue weighted by Crippen LogP contribution is 2.47. The van der Waals surface area contributed by atoms with Gasteiger partial charge in [-0.25, -0.2) is 0 Å². The van der Waals surface area contributed by atoms with E-state index in [1.807, 2.05) is 12.1 Å². The summed E-state index contributed by atoms with van der Waals surface area (Å²) in [6.07, 6.45) is 4.67. The number of amides is 1. The zero-order chi connectivity index (χ0) is 14.8. The lowest BCUT2D eigenvalue weighted by molar-refractivity contribution is -0.143. The Labute approximate surface area is 118 Å². The Bertz CT molecular complexity index is 509. The van der Waals surface area contributed by atoms with Crippen LogP contribution in [0, 0.1) is 11.3 Å². The first-order chi connectivity index (χ1) is 9.49. The number of carbonyl (C=O) groups is 1. The fourth-order valence-corrected chi connectivity index (χ4v) is 2.92. The first kappa shape index (κ1) is 14.3. The van der Waals surface area contributed by atoms with Gasteiger partial charge in [0, 0.05) is 26.0 Å². The quantitative estimate of drug-likeness (QED) is 0.374. The van der Waals surface area contributed by atoms with Crippen LogP contribution in [0.15, 0.2) is 29.7 Å². The number of pyridine rings is 1. The highest BCUT2D eigenvalue weighted by Gasteiger charge is 2.53. The maximum atomic E-state index is 12.6. The lowest BCUT2D eigenvalue weighted by atomic mass is 9.61. The Kier molecular flexibility index (Phi) is 3.92. The topological polar surface area (TPSA) is 91.8 Å². The highest BCUT2D eigenvalue weighted by atomic mass is 16.4. The van der Waals surface area contributed by atoms with E-state index in [1.165, 1.54) is 0 Å². The number of hydrogen-bond acceptors (Lipinski definition) is 4. The standard InChI is InChI=1S/C14H20N4O2/c1-10-6-14(7-10,12(15)17-20)13(19)18(2)9-11-4-3-5-16-8-11/h3-5,8,10,20H,6-7,9H2,1-2H3,(H2,15,17). The molecule has 2 rings (SSSR count). The van der Waals surface area contributed by atoms with E-state index >= 15 is 0 Å². The number of nitrogens with zero attached hydrogens (tertiary/aromatic N) is 3. The number of rotatable bonds is 4. The van der Waals surface area contributed by atoms with Crippen molar-refractivity contribution in [2.24, 2.45) is 22.2 Å². The van der Waals surface area contributed by atoms with Crippen molar-refractivity contribution in [3.05, 3.63) is 30.1 Å². The van der Waals surface area contributed by atoms with Crippen molar-refractivity contribution in [3.8, 4) is 0 Å². The van der Waals surface area contributed by atoms with Crippen LogP contribution in [-0.4, -0.2) is 33.9 Å². The molecule has 1 aliphatic carbocycles. The molecule has 0 aromatic carbocycles. The van der Waals surface area contributed by atoms with Crippen LogP contribution in [0.4, 0.5) is 0 Å². The van der Waals surface area contributed by atoms with Gasteiger partial charge in [-0.05, 0) is 30.4 Å². The minimum absolute atomic E-state index is 0.0126. The minimum atomic E-state index is -0.842. The lowest BCUT2D eigenvalue weighted by Gasteiger charge is -2.45. The second-order valence-electron chi connectivity index (χ2n) is 5.60. The average molecular weight is 276 g/mol. The molecule has 1 aromatic heterocycles. The normalized spacial score (nSPS) is 25.9. The van der Waals surface area contributed by atoms with Crippen LogP contribution in [0.2, 0.25) is 0 Å². The van der Waals surface area contributed by atoms with Crippen LogP contribution in [0.5, 0.6) is 0 Å². The van der Waals surface area contributed by atoms with Gasteiger partial charge in [-0.15, -0.1) is 0 Å². The second-order valence-corrected chi connectivity index (χ2v) is 5.60. The molecule has 0 radical (unpaired) electrons. The molecule has 0 bridgehead atoms. The van der Waals surface area contributed by atoms with Crippen LogP contribution >= 0.6 is 0 Å². The van der Waals surface area contributed by atoms with E-state index in [-0.39, 0.29) is 11.7 Å². The number of aromatic nitrogens is 1. The SMILES string of the molecule is CC1CC(C(=O)N(C)Cc2cccnc2)(/C(N)=N/O)C1. The summed E-state index contributed by atoms with van der Waals surface area (Å²) in [5.74, 6) is 0.319. The number of nitrogens with two attached hydrogens (primary N) is 1. The van der Waals surface area contributed by atoms with Crippen molar-refractivity contribution < 1.29 is 10.0 Å². The first-order valence-electron chi connectivity index (χ1n) is 6.62. The van der Waals surface area contributed by atoms with Crippen molar-refractivity contribution >= 4 is 11.7 Å². The third-order valence-electron chi connectivity index (χ3n) is 3.89. The zero-order valence-electron chi connectivity index (χ0n) is 11.8. The van der Waals surface area contributed by atoms with Gasteiger partial charge in [0.25, 0.3) is 0 Å². The molecule has 1 heterocycles. The molecule has 6 nitrogen and oxygen atoms in total. The molecule has 6 heteroatoms. The predicted molar refractivity (Wildman–Crippen MR) is 75.0 cm³/mol. The lowest BCUT2D eigenvalue weighted by Crippen LogP contribution is -2.56. The number of oxime groups is 1. The molecular formula is C14H20N4O2.